The number of nitrogens with zero attached hydrogens (tertiary/aromatic N) is 3. The molecule has 0 saturated carbocycles. The molecule has 6 heteroatoms. The number of nitrogens with one attached hydrogen (secondary N) is 1. The lowest BCUT2D eigenvalue weighted by atomic mass is 10.1. The SMILES string of the molecule is O=C1NCCn2nc(-c3ccnc(-c4cccc(F)c4)c3)cc21. The van der Waals surface area contributed by atoms with Gasteiger partial charge in [0.05, 0.1) is 17.9 Å². The summed E-state index contributed by atoms with van der Waals surface area (Å²) in [5.74, 6) is -0.418. The first-order valence-electron chi connectivity index (χ1n) is 7.29. The van der Waals surface area contributed by atoms with E-state index < -0.39 is 0 Å². The van der Waals surface area contributed by atoms with Crippen molar-refractivity contribution in [3.63, 3.8) is 0 Å². The standard InChI is InChI=1S/C17H13FN4O/c18-13-3-1-2-11(8-13)14-9-12(4-5-19-14)15-10-16-17(23)20-6-7-22(16)21-15/h1-5,8-10H,6-7H2,(H,20,23). The second-order valence-corrected chi connectivity index (χ2v) is 5.33. The third-order valence-electron chi connectivity index (χ3n) is 3.80. The Morgan fingerprint density at radius 3 is 2.78 bits per heavy atom. The summed E-state index contributed by atoms with van der Waals surface area (Å²) in [5.41, 5.74) is 3.47. The molecule has 0 aliphatic carbocycles. The van der Waals surface area contributed by atoms with Crippen LogP contribution in [0.4, 0.5) is 4.39 Å². The van der Waals surface area contributed by atoms with Crippen molar-refractivity contribution in [2.75, 3.05) is 6.54 Å². The molecule has 0 fully saturated rings. The van der Waals surface area contributed by atoms with Gasteiger partial charge in [0.2, 0.25) is 0 Å². The Morgan fingerprint density at radius 2 is 1.96 bits per heavy atom. The van der Waals surface area contributed by atoms with E-state index in [1.54, 1.807) is 29.1 Å². The fourth-order valence-electron chi connectivity index (χ4n) is 2.67. The maximum absolute atomic E-state index is 13.4. The molecule has 1 N–H and O–H groups in total. The molecule has 0 spiro atoms. The van der Waals surface area contributed by atoms with Crippen molar-refractivity contribution in [1.29, 1.82) is 0 Å². The minimum absolute atomic E-state index is 0.116. The summed E-state index contributed by atoms with van der Waals surface area (Å²) in [7, 11) is 0. The highest BCUT2D eigenvalue weighted by molar-refractivity contribution is 5.94. The van der Waals surface area contributed by atoms with Crippen LogP contribution in [0.5, 0.6) is 0 Å². The number of aromatic nitrogens is 3. The number of hydrogen-bond donors (Lipinski definition) is 1. The van der Waals surface area contributed by atoms with E-state index in [-0.39, 0.29) is 11.7 Å². The molecule has 0 atom stereocenters. The van der Waals surface area contributed by atoms with Crippen LogP contribution >= 0.6 is 0 Å². The second-order valence-electron chi connectivity index (χ2n) is 5.33. The number of fused-ring (bicyclic) bond motifs is 1. The Bertz CT molecular complexity index is 903. The predicted octanol–water partition coefficient (Wildman–Crippen LogP) is 2.49. The van der Waals surface area contributed by atoms with E-state index in [0.717, 1.165) is 5.56 Å². The van der Waals surface area contributed by atoms with Gasteiger partial charge in [-0.05, 0) is 30.3 Å². The Kier molecular flexibility index (Phi) is 3.15. The molecule has 1 aliphatic heterocycles. The molecule has 23 heavy (non-hydrogen) atoms. The molecule has 0 unspecified atom stereocenters. The van der Waals surface area contributed by atoms with Gasteiger partial charge in [-0.1, -0.05) is 12.1 Å². The van der Waals surface area contributed by atoms with E-state index in [1.165, 1.54) is 12.1 Å². The van der Waals surface area contributed by atoms with Crippen LogP contribution in [0, 0.1) is 5.82 Å². The van der Waals surface area contributed by atoms with Crippen LogP contribution in [0.1, 0.15) is 10.5 Å². The number of benzene rings is 1. The summed E-state index contributed by atoms with van der Waals surface area (Å²) in [4.78, 5) is 16.1. The quantitative estimate of drug-likeness (QED) is 0.791. The largest absolute Gasteiger partial charge is 0.349 e. The molecule has 1 aromatic carbocycles. The van der Waals surface area contributed by atoms with Gasteiger partial charge in [0.1, 0.15) is 11.5 Å². The molecule has 0 bridgehead atoms. The Hall–Kier alpha value is -3.02. The van der Waals surface area contributed by atoms with Crippen LogP contribution in [0.3, 0.4) is 0 Å². The van der Waals surface area contributed by atoms with E-state index in [0.29, 0.717) is 35.7 Å². The van der Waals surface area contributed by atoms with E-state index in [2.05, 4.69) is 15.4 Å². The lowest BCUT2D eigenvalue weighted by Crippen LogP contribution is -2.35. The summed E-state index contributed by atoms with van der Waals surface area (Å²) in [6.07, 6.45) is 1.66. The maximum atomic E-state index is 13.4. The molecule has 5 nitrogen and oxygen atoms in total. The molecular weight excluding hydrogens is 295 g/mol. The number of pyridine rings is 1. The summed E-state index contributed by atoms with van der Waals surface area (Å²) in [5, 5.41) is 7.27. The number of carbonyl (C=O) groups is 1. The molecule has 0 saturated heterocycles. The van der Waals surface area contributed by atoms with Crippen molar-refractivity contribution in [3.8, 4) is 22.5 Å². The molecule has 2 aromatic heterocycles. The maximum Gasteiger partial charge on any atom is 0.269 e. The van der Waals surface area contributed by atoms with Gasteiger partial charge < -0.3 is 5.32 Å². The van der Waals surface area contributed by atoms with Crippen molar-refractivity contribution < 1.29 is 9.18 Å². The third kappa shape index (κ3) is 2.48. The monoisotopic (exact) mass is 308 g/mol. The molecule has 1 amide bonds. The normalized spacial score (nSPS) is 13.5. The van der Waals surface area contributed by atoms with Crippen molar-refractivity contribution in [2.24, 2.45) is 0 Å². The summed E-state index contributed by atoms with van der Waals surface area (Å²) in [6, 6.07) is 11.7. The van der Waals surface area contributed by atoms with Crippen LogP contribution < -0.4 is 5.32 Å². The number of amides is 1. The molecule has 3 heterocycles. The Balaban J connectivity index is 1.76. The first-order valence-corrected chi connectivity index (χ1v) is 7.29. The number of carbonyl (C=O) groups excluding carboxylic acids is 1. The van der Waals surface area contributed by atoms with E-state index >= 15 is 0 Å². The van der Waals surface area contributed by atoms with Crippen LogP contribution in [-0.2, 0) is 6.54 Å². The van der Waals surface area contributed by atoms with Crippen LogP contribution in [-0.4, -0.2) is 27.2 Å². The van der Waals surface area contributed by atoms with Gasteiger partial charge in [-0.2, -0.15) is 5.10 Å². The summed E-state index contributed by atoms with van der Waals surface area (Å²) < 4.78 is 15.1. The molecular formula is C17H13FN4O. The van der Waals surface area contributed by atoms with Crippen molar-refractivity contribution in [3.05, 3.63) is 60.2 Å². The van der Waals surface area contributed by atoms with Gasteiger partial charge in [-0.3, -0.25) is 14.5 Å². The van der Waals surface area contributed by atoms with Crippen LogP contribution in [0.15, 0.2) is 48.7 Å². The molecule has 1 aliphatic rings. The fraction of sp³-hybridized carbons (Fsp3) is 0.118. The average Bonchev–Trinajstić information content (AvgIpc) is 3.01. The Labute approximate surface area is 131 Å². The van der Waals surface area contributed by atoms with E-state index in [4.69, 9.17) is 0 Å². The third-order valence-corrected chi connectivity index (χ3v) is 3.80. The predicted molar refractivity (Wildman–Crippen MR) is 83.2 cm³/mol. The minimum atomic E-state index is -0.302. The summed E-state index contributed by atoms with van der Waals surface area (Å²) in [6.45, 7) is 1.24. The van der Waals surface area contributed by atoms with Gasteiger partial charge in [-0.15, -0.1) is 0 Å². The lowest BCUT2D eigenvalue weighted by Gasteiger charge is -2.13. The highest BCUT2D eigenvalue weighted by Crippen LogP contribution is 2.25. The average molecular weight is 308 g/mol. The van der Waals surface area contributed by atoms with Gasteiger partial charge in [-0.25, -0.2) is 4.39 Å². The number of hydrogen-bond acceptors (Lipinski definition) is 3. The smallest absolute Gasteiger partial charge is 0.269 e. The minimum Gasteiger partial charge on any atom is -0.349 e. The van der Waals surface area contributed by atoms with Crippen LogP contribution in [0.2, 0.25) is 0 Å². The zero-order chi connectivity index (χ0) is 15.8. The topological polar surface area (TPSA) is 59.8 Å². The molecule has 114 valence electrons. The highest BCUT2D eigenvalue weighted by Gasteiger charge is 2.19. The van der Waals surface area contributed by atoms with E-state index in [1.807, 2.05) is 12.1 Å². The Morgan fingerprint density at radius 1 is 1.09 bits per heavy atom. The molecule has 0 radical (unpaired) electrons. The second kappa shape index (κ2) is 5.31. The van der Waals surface area contributed by atoms with Gasteiger partial charge in [0, 0.05) is 23.9 Å². The fourth-order valence-corrected chi connectivity index (χ4v) is 2.67. The first kappa shape index (κ1) is 13.6. The van der Waals surface area contributed by atoms with Crippen molar-refractivity contribution in [1.82, 2.24) is 20.1 Å². The number of rotatable bonds is 2. The first-order chi connectivity index (χ1) is 11.2. The van der Waals surface area contributed by atoms with Crippen molar-refractivity contribution >= 4 is 5.91 Å². The van der Waals surface area contributed by atoms with Crippen LogP contribution in [0.25, 0.3) is 22.5 Å². The number of halogens is 1. The molecule has 3 aromatic rings. The molecule has 4 rings (SSSR count). The van der Waals surface area contributed by atoms with E-state index in [9.17, 15) is 9.18 Å². The zero-order valence-electron chi connectivity index (χ0n) is 12.2. The highest BCUT2D eigenvalue weighted by atomic mass is 19.1. The van der Waals surface area contributed by atoms with Gasteiger partial charge >= 0.3 is 0 Å². The zero-order valence-corrected chi connectivity index (χ0v) is 12.2. The summed E-state index contributed by atoms with van der Waals surface area (Å²) >= 11 is 0. The lowest BCUT2D eigenvalue weighted by molar-refractivity contribution is 0.0924. The van der Waals surface area contributed by atoms with Gasteiger partial charge in [0.25, 0.3) is 5.91 Å². The van der Waals surface area contributed by atoms with Crippen molar-refractivity contribution in [2.45, 2.75) is 6.54 Å². The van der Waals surface area contributed by atoms with Gasteiger partial charge in [0.15, 0.2) is 0 Å².